The molecule has 0 N–H and O–H groups in total. The quantitative estimate of drug-likeness (QED) is 0.160. The van der Waals surface area contributed by atoms with Gasteiger partial charge in [-0.25, -0.2) is 0 Å². The molecule has 0 saturated heterocycles. The maximum Gasteiger partial charge on any atom is 0.0541 e. The Bertz CT molecular complexity index is 3510. The standard InChI is InChI=1S/C56H35N/c1-2-16-37(17-3-1)55-45-24-6-7-25-46(45)56(48-32-31-40(35-51(48)55)42-26-12-18-36-15-4-5-21-41(36)42)47-27-13-19-38-34-50-39(33-49(38)47)20-14-30-54(50)57-52-28-10-8-22-43(52)44-23-9-11-29-53(44)57/h1-35H. The Balaban J connectivity index is 1.15. The third-order valence-electron chi connectivity index (χ3n) is 12.1. The fraction of sp³-hybridized carbons (Fsp3) is 0. The molecule has 0 fully saturated rings. The molecule has 0 aliphatic rings. The first kappa shape index (κ1) is 31.8. The number of benzene rings is 11. The van der Waals surface area contributed by atoms with Crippen molar-refractivity contribution < 1.29 is 0 Å². The second-order valence-corrected chi connectivity index (χ2v) is 15.2. The van der Waals surface area contributed by atoms with Gasteiger partial charge in [-0.05, 0) is 118 Å². The molecule has 0 aliphatic carbocycles. The van der Waals surface area contributed by atoms with E-state index in [1.165, 1.54) is 115 Å². The van der Waals surface area contributed by atoms with Gasteiger partial charge in [0.2, 0.25) is 0 Å². The molecular weight excluding hydrogens is 687 g/mol. The topological polar surface area (TPSA) is 4.93 Å². The van der Waals surface area contributed by atoms with E-state index in [2.05, 4.69) is 217 Å². The minimum absolute atomic E-state index is 1.20. The summed E-state index contributed by atoms with van der Waals surface area (Å²) >= 11 is 0. The fourth-order valence-electron chi connectivity index (χ4n) is 9.66. The van der Waals surface area contributed by atoms with Crippen LogP contribution in [0.1, 0.15) is 0 Å². The van der Waals surface area contributed by atoms with E-state index >= 15 is 0 Å². The summed E-state index contributed by atoms with van der Waals surface area (Å²) in [4.78, 5) is 0. The van der Waals surface area contributed by atoms with Crippen molar-refractivity contribution in [3.63, 3.8) is 0 Å². The highest BCUT2D eigenvalue weighted by Crippen LogP contribution is 2.47. The number of fused-ring (bicyclic) bond motifs is 8. The van der Waals surface area contributed by atoms with Crippen LogP contribution in [0, 0.1) is 0 Å². The zero-order chi connectivity index (χ0) is 37.5. The monoisotopic (exact) mass is 721 g/mol. The molecule has 57 heavy (non-hydrogen) atoms. The van der Waals surface area contributed by atoms with Crippen LogP contribution in [-0.2, 0) is 0 Å². The van der Waals surface area contributed by atoms with E-state index < -0.39 is 0 Å². The Morgan fingerprint density at radius 2 is 0.772 bits per heavy atom. The smallest absolute Gasteiger partial charge is 0.0541 e. The van der Waals surface area contributed by atoms with Gasteiger partial charge in [0.15, 0.2) is 0 Å². The number of hydrogen-bond acceptors (Lipinski definition) is 0. The second-order valence-electron chi connectivity index (χ2n) is 15.2. The molecule has 0 radical (unpaired) electrons. The van der Waals surface area contributed by atoms with Crippen LogP contribution in [0.15, 0.2) is 212 Å². The average molecular weight is 722 g/mol. The van der Waals surface area contributed by atoms with Gasteiger partial charge in [-0.1, -0.05) is 176 Å². The molecule has 11 aromatic carbocycles. The first-order chi connectivity index (χ1) is 28.3. The molecule has 1 nitrogen and oxygen atoms in total. The zero-order valence-corrected chi connectivity index (χ0v) is 31.2. The van der Waals surface area contributed by atoms with Gasteiger partial charge < -0.3 is 4.57 Å². The predicted octanol–water partition coefficient (Wildman–Crippen LogP) is 15.6. The van der Waals surface area contributed by atoms with Crippen molar-refractivity contribution in [2.45, 2.75) is 0 Å². The summed E-state index contributed by atoms with van der Waals surface area (Å²) in [6.45, 7) is 0. The number of hydrogen-bond donors (Lipinski definition) is 0. The summed E-state index contributed by atoms with van der Waals surface area (Å²) in [7, 11) is 0. The van der Waals surface area contributed by atoms with Crippen molar-refractivity contribution in [1.82, 2.24) is 4.57 Å². The molecule has 264 valence electrons. The minimum Gasteiger partial charge on any atom is -0.309 e. The summed E-state index contributed by atoms with van der Waals surface area (Å²) in [6.07, 6.45) is 0. The van der Waals surface area contributed by atoms with Gasteiger partial charge in [-0.15, -0.1) is 0 Å². The molecule has 1 heterocycles. The molecule has 12 aromatic rings. The van der Waals surface area contributed by atoms with E-state index in [-0.39, 0.29) is 0 Å². The van der Waals surface area contributed by atoms with E-state index in [0.29, 0.717) is 0 Å². The van der Waals surface area contributed by atoms with Crippen LogP contribution in [0.5, 0.6) is 0 Å². The molecule has 0 bridgehead atoms. The van der Waals surface area contributed by atoms with Gasteiger partial charge in [-0.3, -0.25) is 0 Å². The maximum atomic E-state index is 2.44. The Morgan fingerprint density at radius 1 is 0.246 bits per heavy atom. The highest BCUT2D eigenvalue weighted by molar-refractivity contribution is 6.25. The molecule has 0 aliphatic heterocycles. The van der Waals surface area contributed by atoms with E-state index in [1.807, 2.05) is 0 Å². The summed E-state index contributed by atoms with van der Waals surface area (Å²) in [5.41, 5.74) is 11.1. The Morgan fingerprint density at radius 3 is 1.53 bits per heavy atom. The Labute approximate surface area is 330 Å². The third-order valence-corrected chi connectivity index (χ3v) is 12.1. The van der Waals surface area contributed by atoms with Gasteiger partial charge in [0.1, 0.15) is 0 Å². The lowest BCUT2D eigenvalue weighted by atomic mass is 9.83. The first-order valence-corrected chi connectivity index (χ1v) is 19.8. The van der Waals surface area contributed by atoms with Gasteiger partial charge in [0, 0.05) is 16.2 Å². The predicted molar refractivity (Wildman–Crippen MR) is 245 cm³/mol. The number of para-hydroxylation sites is 2. The minimum atomic E-state index is 1.20. The highest BCUT2D eigenvalue weighted by Gasteiger charge is 2.20. The molecule has 1 heteroatoms. The molecule has 1 aromatic heterocycles. The van der Waals surface area contributed by atoms with Gasteiger partial charge >= 0.3 is 0 Å². The van der Waals surface area contributed by atoms with Crippen LogP contribution in [0.4, 0.5) is 0 Å². The van der Waals surface area contributed by atoms with Crippen LogP contribution < -0.4 is 0 Å². The van der Waals surface area contributed by atoms with Gasteiger partial charge in [0.05, 0.1) is 16.7 Å². The van der Waals surface area contributed by atoms with Crippen LogP contribution in [0.25, 0.3) is 115 Å². The zero-order valence-electron chi connectivity index (χ0n) is 31.2. The normalized spacial score (nSPS) is 11.9. The van der Waals surface area contributed by atoms with Gasteiger partial charge in [-0.2, -0.15) is 0 Å². The summed E-state index contributed by atoms with van der Waals surface area (Å²) in [5, 5.41) is 15.0. The van der Waals surface area contributed by atoms with Crippen molar-refractivity contribution >= 4 is 75.7 Å². The SMILES string of the molecule is c1ccc(-c2c3ccccc3c(-c3cccc4cc5c(-n6c7ccccc7c7ccccc76)cccc5cc34)c3ccc(-c4cccc5ccccc45)cc23)cc1. The molecule has 0 atom stereocenters. The molecule has 0 unspecified atom stereocenters. The van der Waals surface area contributed by atoms with Crippen LogP contribution in [0.2, 0.25) is 0 Å². The first-order valence-electron chi connectivity index (χ1n) is 19.8. The molecule has 0 saturated carbocycles. The maximum absolute atomic E-state index is 2.44. The van der Waals surface area contributed by atoms with E-state index in [1.54, 1.807) is 0 Å². The van der Waals surface area contributed by atoms with Crippen LogP contribution in [-0.4, -0.2) is 4.57 Å². The average Bonchev–Trinajstić information content (AvgIpc) is 3.61. The molecular formula is C56H35N. The number of aromatic nitrogens is 1. The fourth-order valence-corrected chi connectivity index (χ4v) is 9.66. The summed E-state index contributed by atoms with van der Waals surface area (Å²) in [5.74, 6) is 0. The molecule has 0 spiro atoms. The lowest BCUT2D eigenvalue weighted by Crippen LogP contribution is -1.96. The number of nitrogens with zero attached hydrogens (tertiary/aromatic N) is 1. The largest absolute Gasteiger partial charge is 0.309 e. The van der Waals surface area contributed by atoms with Crippen LogP contribution in [0.3, 0.4) is 0 Å². The highest BCUT2D eigenvalue weighted by atomic mass is 15.0. The van der Waals surface area contributed by atoms with Crippen molar-refractivity contribution in [1.29, 1.82) is 0 Å². The van der Waals surface area contributed by atoms with Crippen molar-refractivity contribution in [2.75, 3.05) is 0 Å². The van der Waals surface area contributed by atoms with E-state index in [4.69, 9.17) is 0 Å². The lowest BCUT2D eigenvalue weighted by Gasteiger charge is -2.20. The summed E-state index contributed by atoms with van der Waals surface area (Å²) < 4.78 is 2.44. The van der Waals surface area contributed by atoms with Crippen molar-refractivity contribution in [2.24, 2.45) is 0 Å². The van der Waals surface area contributed by atoms with Gasteiger partial charge in [0.25, 0.3) is 0 Å². The van der Waals surface area contributed by atoms with E-state index in [9.17, 15) is 0 Å². The third kappa shape index (κ3) is 4.83. The summed E-state index contributed by atoms with van der Waals surface area (Å²) in [6, 6.07) is 78.4. The van der Waals surface area contributed by atoms with Crippen molar-refractivity contribution in [3.8, 4) is 39.1 Å². The number of rotatable bonds is 4. The Kier molecular flexibility index (Phi) is 7.00. The lowest BCUT2D eigenvalue weighted by molar-refractivity contribution is 1.20. The molecule has 12 rings (SSSR count). The molecule has 0 amide bonds. The van der Waals surface area contributed by atoms with Crippen molar-refractivity contribution in [3.05, 3.63) is 212 Å². The second kappa shape index (κ2) is 12.5. The van der Waals surface area contributed by atoms with Crippen LogP contribution >= 0.6 is 0 Å². The Hall–Kier alpha value is -7.48. The van der Waals surface area contributed by atoms with E-state index in [0.717, 1.165) is 0 Å².